The highest BCUT2D eigenvalue weighted by atomic mass is 32.1. The van der Waals surface area contributed by atoms with Crippen molar-refractivity contribution in [2.45, 2.75) is 6.42 Å². The molecule has 1 amide bonds. The lowest BCUT2D eigenvalue weighted by Crippen LogP contribution is -2.24. The number of fused-ring (bicyclic) bond motifs is 3. The van der Waals surface area contributed by atoms with Crippen LogP contribution in [0.4, 0.5) is 0 Å². The van der Waals surface area contributed by atoms with Crippen molar-refractivity contribution in [3.05, 3.63) is 69.4 Å². The highest BCUT2D eigenvalue weighted by Gasteiger charge is 2.15. The third-order valence-electron chi connectivity index (χ3n) is 4.66. The summed E-state index contributed by atoms with van der Waals surface area (Å²) in [5, 5.41) is 4.17. The summed E-state index contributed by atoms with van der Waals surface area (Å²) >= 11 is 1.30. The van der Waals surface area contributed by atoms with E-state index >= 15 is 0 Å². The summed E-state index contributed by atoms with van der Waals surface area (Å²) in [4.78, 5) is 25.3. The van der Waals surface area contributed by atoms with E-state index in [1.54, 1.807) is 26.4 Å². The SMILES string of the molecule is COc1ccc(CCNC(=O)c2cc3c(=O)oc4ccccc4c3s2)cc1OC. The quantitative estimate of drug-likeness (QED) is 0.487. The summed E-state index contributed by atoms with van der Waals surface area (Å²) in [6.07, 6.45) is 0.641. The molecule has 0 radical (unpaired) electrons. The molecule has 0 unspecified atom stereocenters. The molecule has 0 saturated carbocycles. The molecule has 0 fully saturated rings. The van der Waals surface area contributed by atoms with Gasteiger partial charge in [-0.3, -0.25) is 4.79 Å². The zero-order chi connectivity index (χ0) is 20.4. The van der Waals surface area contributed by atoms with Crippen LogP contribution in [0.2, 0.25) is 0 Å². The maximum atomic E-state index is 12.6. The number of thiophene rings is 1. The van der Waals surface area contributed by atoms with Gasteiger partial charge in [-0.15, -0.1) is 11.3 Å². The molecular weight excluding hydrogens is 390 g/mol. The van der Waals surface area contributed by atoms with Crippen LogP contribution in [0.15, 0.2) is 57.7 Å². The van der Waals surface area contributed by atoms with Crippen molar-refractivity contribution in [2.75, 3.05) is 20.8 Å². The normalized spacial score (nSPS) is 11.0. The Morgan fingerprint density at radius 1 is 1.03 bits per heavy atom. The van der Waals surface area contributed by atoms with E-state index < -0.39 is 5.63 Å². The monoisotopic (exact) mass is 409 g/mol. The Hall–Kier alpha value is -3.32. The first-order valence-electron chi connectivity index (χ1n) is 9.05. The number of benzene rings is 2. The van der Waals surface area contributed by atoms with Gasteiger partial charge in [0.05, 0.1) is 29.2 Å². The van der Waals surface area contributed by atoms with Gasteiger partial charge in [0.15, 0.2) is 11.5 Å². The van der Waals surface area contributed by atoms with E-state index in [-0.39, 0.29) is 5.91 Å². The number of amides is 1. The van der Waals surface area contributed by atoms with E-state index in [2.05, 4.69) is 5.32 Å². The Morgan fingerprint density at radius 2 is 1.83 bits per heavy atom. The molecule has 148 valence electrons. The Balaban J connectivity index is 1.50. The molecule has 4 aromatic rings. The van der Waals surface area contributed by atoms with Gasteiger partial charge < -0.3 is 19.2 Å². The van der Waals surface area contributed by atoms with Crippen molar-refractivity contribution in [2.24, 2.45) is 0 Å². The molecular formula is C22H19NO5S. The molecule has 1 N–H and O–H groups in total. The van der Waals surface area contributed by atoms with Crippen LogP contribution in [0.3, 0.4) is 0 Å². The lowest BCUT2D eigenvalue weighted by Gasteiger charge is -2.10. The minimum Gasteiger partial charge on any atom is -0.493 e. The number of carbonyl (C=O) groups is 1. The predicted octanol–water partition coefficient (Wildman–Crippen LogP) is 4.00. The van der Waals surface area contributed by atoms with Crippen LogP contribution >= 0.6 is 11.3 Å². The molecule has 2 aromatic heterocycles. The Kier molecular flexibility index (Phi) is 5.22. The Bertz CT molecular complexity index is 1260. The maximum absolute atomic E-state index is 12.6. The van der Waals surface area contributed by atoms with Gasteiger partial charge in [-0.25, -0.2) is 4.79 Å². The van der Waals surface area contributed by atoms with Crippen LogP contribution in [0.1, 0.15) is 15.2 Å². The fraction of sp³-hybridized carbons (Fsp3) is 0.182. The second-order valence-corrected chi connectivity index (χ2v) is 7.49. The number of carbonyl (C=O) groups excluding carboxylic acids is 1. The third-order valence-corrected chi connectivity index (χ3v) is 5.82. The number of ether oxygens (including phenoxy) is 2. The summed E-state index contributed by atoms with van der Waals surface area (Å²) in [7, 11) is 3.18. The maximum Gasteiger partial charge on any atom is 0.345 e. The van der Waals surface area contributed by atoms with Crippen LogP contribution in [0.5, 0.6) is 11.5 Å². The first-order valence-corrected chi connectivity index (χ1v) is 9.87. The second kappa shape index (κ2) is 7.97. The average Bonchev–Trinajstić information content (AvgIpc) is 3.20. The fourth-order valence-corrected chi connectivity index (χ4v) is 4.29. The van der Waals surface area contributed by atoms with Crippen LogP contribution < -0.4 is 20.4 Å². The summed E-state index contributed by atoms with van der Waals surface area (Å²) in [6.45, 7) is 0.456. The van der Waals surface area contributed by atoms with E-state index in [4.69, 9.17) is 13.9 Å². The van der Waals surface area contributed by atoms with Crippen LogP contribution in [-0.4, -0.2) is 26.7 Å². The van der Waals surface area contributed by atoms with Gasteiger partial charge in [0.1, 0.15) is 5.58 Å². The van der Waals surface area contributed by atoms with E-state index in [0.29, 0.717) is 40.3 Å². The van der Waals surface area contributed by atoms with Gasteiger partial charge in [0, 0.05) is 11.9 Å². The number of hydrogen-bond acceptors (Lipinski definition) is 6. The molecule has 0 aliphatic heterocycles. The molecule has 29 heavy (non-hydrogen) atoms. The largest absolute Gasteiger partial charge is 0.493 e. The number of para-hydroxylation sites is 1. The number of rotatable bonds is 6. The van der Waals surface area contributed by atoms with Crippen molar-refractivity contribution in [3.8, 4) is 11.5 Å². The summed E-state index contributed by atoms with van der Waals surface area (Å²) in [5.74, 6) is 1.10. The lowest BCUT2D eigenvalue weighted by atomic mass is 10.1. The van der Waals surface area contributed by atoms with Crippen LogP contribution in [0.25, 0.3) is 21.1 Å². The molecule has 2 heterocycles. The van der Waals surface area contributed by atoms with Gasteiger partial charge >= 0.3 is 5.63 Å². The number of hydrogen-bond donors (Lipinski definition) is 1. The minimum atomic E-state index is -0.431. The molecule has 0 spiro atoms. The second-order valence-electron chi connectivity index (χ2n) is 6.43. The van der Waals surface area contributed by atoms with Crippen molar-refractivity contribution >= 4 is 38.3 Å². The first-order chi connectivity index (χ1) is 14.1. The van der Waals surface area contributed by atoms with Crippen LogP contribution in [-0.2, 0) is 6.42 Å². The fourth-order valence-electron chi connectivity index (χ4n) is 3.20. The molecule has 0 saturated heterocycles. The highest BCUT2D eigenvalue weighted by molar-refractivity contribution is 7.21. The smallest absolute Gasteiger partial charge is 0.345 e. The summed E-state index contributed by atoms with van der Waals surface area (Å²) in [6, 6.07) is 14.6. The van der Waals surface area contributed by atoms with Gasteiger partial charge in [0.2, 0.25) is 0 Å². The van der Waals surface area contributed by atoms with E-state index in [1.807, 2.05) is 36.4 Å². The first kappa shape index (κ1) is 19.0. The average molecular weight is 409 g/mol. The van der Waals surface area contributed by atoms with Crippen molar-refractivity contribution in [1.29, 1.82) is 0 Å². The molecule has 6 nitrogen and oxygen atoms in total. The van der Waals surface area contributed by atoms with Crippen molar-refractivity contribution < 1.29 is 18.7 Å². The van der Waals surface area contributed by atoms with Crippen LogP contribution in [0, 0.1) is 0 Å². The zero-order valence-electron chi connectivity index (χ0n) is 16.0. The van der Waals surface area contributed by atoms with E-state index in [1.165, 1.54) is 11.3 Å². The van der Waals surface area contributed by atoms with Crippen molar-refractivity contribution in [1.82, 2.24) is 5.32 Å². The molecule has 0 atom stereocenters. The standard InChI is InChI=1S/C22H19NO5S/c1-26-17-8-7-13(11-18(17)27-2)9-10-23-21(24)19-12-15-20(29-19)14-5-3-4-6-16(14)28-22(15)25/h3-8,11-12H,9-10H2,1-2H3,(H,23,24). The molecule has 4 rings (SSSR count). The molecule has 0 aliphatic carbocycles. The number of nitrogens with one attached hydrogen (secondary N) is 1. The zero-order valence-corrected chi connectivity index (χ0v) is 16.8. The Morgan fingerprint density at radius 3 is 2.62 bits per heavy atom. The predicted molar refractivity (Wildman–Crippen MR) is 113 cm³/mol. The molecule has 0 bridgehead atoms. The van der Waals surface area contributed by atoms with Crippen molar-refractivity contribution in [3.63, 3.8) is 0 Å². The molecule has 2 aromatic carbocycles. The topological polar surface area (TPSA) is 77.8 Å². The lowest BCUT2D eigenvalue weighted by molar-refractivity contribution is 0.0958. The van der Waals surface area contributed by atoms with Gasteiger partial charge in [-0.05, 0) is 42.3 Å². The van der Waals surface area contributed by atoms with E-state index in [0.717, 1.165) is 15.6 Å². The van der Waals surface area contributed by atoms with Gasteiger partial charge in [-0.2, -0.15) is 0 Å². The summed E-state index contributed by atoms with van der Waals surface area (Å²) in [5.41, 5.74) is 1.11. The minimum absolute atomic E-state index is 0.213. The van der Waals surface area contributed by atoms with E-state index in [9.17, 15) is 9.59 Å². The molecule has 0 aliphatic rings. The van der Waals surface area contributed by atoms with Gasteiger partial charge in [0.25, 0.3) is 5.91 Å². The number of methoxy groups -OCH3 is 2. The van der Waals surface area contributed by atoms with Gasteiger partial charge in [-0.1, -0.05) is 18.2 Å². The Labute approximate surface area is 170 Å². The highest BCUT2D eigenvalue weighted by Crippen LogP contribution is 2.30. The third kappa shape index (κ3) is 3.69. The molecule has 7 heteroatoms. The summed E-state index contributed by atoms with van der Waals surface area (Å²) < 4.78 is 16.6.